The average Bonchev–Trinajstić information content (AvgIpc) is 2.60. The normalized spacial score (nSPS) is 19.7. The van der Waals surface area contributed by atoms with E-state index in [2.05, 4.69) is 0 Å². The SMILES string of the molecule is CC(=O)N(C)C(=O)[C@H]1CCCN(C(=O)OC(C)(C)C)CC1. The highest BCUT2D eigenvalue weighted by Crippen LogP contribution is 2.21. The fraction of sp³-hybridized carbons (Fsp3) is 0.800. The molecular weight excluding hydrogens is 272 g/mol. The van der Waals surface area contributed by atoms with Gasteiger partial charge in [-0.15, -0.1) is 0 Å². The van der Waals surface area contributed by atoms with Crippen molar-refractivity contribution in [3.63, 3.8) is 0 Å². The van der Waals surface area contributed by atoms with Crippen LogP contribution in [0, 0.1) is 5.92 Å². The summed E-state index contributed by atoms with van der Waals surface area (Å²) >= 11 is 0. The van der Waals surface area contributed by atoms with Crippen molar-refractivity contribution in [2.75, 3.05) is 20.1 Å². The molecule has 1 saturated heterocycles. The summed E-state index contributed by atoms with van der Waals surface area (Å²) in [5.74, 6) is -0.617. The van der Waals surface area contributed by atoms with Crippen molar-refractivity contribution < 1.29 is 19.1 Å². The van der Waals surface area contributed by atoms with Crippen molar-refractivity contribution in [2.45, 2.75) is 52.6 Å². The minimum atomic E-state index is -0.520. The van der Waals surface area contributed by atoms with E-state index >= 15 is 0 Å². The van der Waals surface area contributed by atoms with Gasteiger partial charge < -0.3 is 9.64 Å². The van der Waals surface area contributed by atoms with Gasteiger partial charge in [-0.2, -0.15) is 0 Å². The molecule has 0 aromatic heterocycles. The van der Waals surface area contributed by atoms with Crippen LogP contribution in [-0.2, 0) is 14.3 Å². The average molecular weight is 298 g/mol. The van der Waals surface area contributed by atoms with Crippen LogP contribution in [-0.4, -0.2) is 53.4 Å². The molecule has 1 heterocycles. The molecule has 3 amide bonds. The standard InChI is InChI=1S/C15H26N2O4/c1-11(18)16(5)13(19)12-7-6-9-17(10-8-12)14(20)21-15(2,3)4/h12H,6-10H2,1-5H3/t12-/m0/s1. The highest BCUT2D eigenvalue weighted by atomic mass is 16.6. The van der Waals surface area contributed by atoms with Gasteiger partial charge >= 0.3 is 6.09 Å². The summed E-state index contributed by atoms with van der Waals surface area (Å²) in [7, 11) is 1.50. The van der Waals surface area contributed by atoms with Crippen molar-refractivity contribution >= 4 is 17.9 Å². The fourth-order valence-corrected chi connectivity index (χ4v) is 2.28. The van der Waals surface area contributed by atoms with E-state index in [1.54, 1.807) is 4.90 Å². The Kier molecular flexibility index (Phi) is 5.75. The van der Waals surface area contributed by atoms with Gasteiger partial charge in [0.1, 0.15) is 5.60 Å². The van der Waals surface area contributed by atoms with E-state index < -0.39 is 5.60 Å². The molecule has 0 unspecified atom stereocenters. The van der Waals surface area contributed by atoms with Gasteiger partial charge in [0.25, 0.3) is 0 Å². The largest absolute Gasteiger partial charge is 0.444 e. The lowest BCUT2D eigenvalue weighted by atomic mass is 9.99. The lowest BCUT2D eigenvalue weighted by molar-refractivity contribution is -0.144. The number of likely N-dealkylation sites (tertiary alicyclic amines) is 1. The second kappa shape index (κ2) is 6.91. The van der Waals surface area contributed by atoms with Crippen LogP contribution in [0.1, 0.15) is 47.0 Å². The van der Waals surface area contributed by atoms with Gasteiger partial charge in [-0.3, -0.25) is 14.5 Å². The zero-order valence-corrected chi connectivity index (χ0v) is 13.6. The number of hydrogen-bond donors (Lipinski definition) is 0. The first-order chi connectivity index (χ1) is 9.61. The Bertz CT molecular complexity index is 414. The summed E-state index contributed by atoms with van der Waals surface area (Å²) in [5.41, 5.74) is -0.520. The Morgan fingerprint density at radius 2 is 1.76 bits per heavy atom. The summed E-state index contributed by atoms with van der Waals surface area (Å²) < 4.78 is 5.35. The summed E-state index contributed by atoms with van der Waals surface area (Å²) in [6.07, 6.45) is 1.66. The van der Waals surface area contributed by atoms with E-state index in [4.69, 9.17) is 4.74 Å². The van der Waals surface area contributed by atoms with E-state index in [9.17, 15) is 14.4 Å². The molecule has 6 heteroatoms. The number of carbonyl (C=O) groups is 3. The number of amides is 3. The summed E-state index contributed by atoms with van der Waals surface area (Å²) in [6.45, 7) is 7.94. The van der Waals surface area contributed by atoms with Gasteiger partial charge in [0.15, 0.2) is 0 Å². The molecule has 0 aliphatic carbocycles. The Morgan fingerprint density at radius 3 is 2.29 bits per heavy atom. The number of imide groups is 1. The maximum Gasteiger partial charge on any atom is 0.410 e. The molecule has 1 rings (SSSR count). The fourth-order valence-electron chi connectivity index (χ4n) is 2.28. The third-order valence-electron chi connectivity index (χ3n) is 3.53. The number of hydrogen-bond acceptors (Lipinski definition) is 4. The number of nitrogens with zero attached hydrogens (tertiary/aromatic N) is 2. The zero-order valence-electron chi connectivity index (χ0n) is 13.6. The molecule has 0 spiro atoms. The van der Waals surface area contributed by atoms with Crippen LogP contribution in [0.25, 0.3) is 0 Å². The lowest BCUT2D eigenvalue weighted by Gasteiger charge is -2.26. The molecule has 0 saturated carbocycles. The molecule has 1 atom stereocenters. The first-order valence-corrected chi connectivity index (χ1v) is 7.38. The van der Waals surface area contributed by atoms with E-state index in [1.165, 1.54) is 14.0 Å². The molecule has 1 aliphatic heterocycles. The maximum absolute atomic E-state index is 12.2. The van der Waals surface area contributed by atoms with Crippen LogP contribution < -0.4 is 0 Å². The number of ether oxygens (including phenoxy) is 1. The van der Waals surface area contributed by atoms with Crippen LogP contribution in [0.4, 0.5) is 4.79 Å². The second-order valence-corrected chi connectivity index (χ2v) is 6.51. The Labute approximate surface area is 126 Å². The molecule has 1 fully saturated rings. The maximum atomic E-state index is 12.2. The highest BCUT2D eigenvalue weighted by Gasteiger charge is 2.29. The van der Waals surface area contributed by atoms with Crippen molar-refractivity contribution in [2.24, 2.45) is 5.92 Å². The van der Waals surface area contributed by atoms with Crippen molar-refractivity contribution in [1.29, 1.82) is 0 Å². The third-order valence-corrected chi connectivity index (χ3v) is 3.53. The van der Waals surface area contributed by atoms with Crippen LogP contribution in [0.5, 0.6) is 0 Å². The van der Waals surface area contributed by atoms with Gasteiger partial charge in [-0.25, -0.2) is 4.79 Å². The molecule has 0 radical (unpaired) electrons. The van der Waals surface area contributed by atoms with E-state index in [1.807, 2.05) is 20.8 Å². The van der Waals surface area contributed by atoms with Crippen LogP contribution in [0.2, 0.25) is 0 Å². The van der Waals surface area contributed by atoms with Crippen LogP contribution in [0.3, 0.4) is 0 Å². The lowest BCUT2D eigenvalue weighted by Crippen LogP contribution is -2.38. The highest BCUT2D eigenvalue weighted by molar-refractivity contribution is 5.94. The first-order valence-electron chi connectivity index (χ1n) is 7.38. The summed E-state index contributed by atoms with van der Waals surface area (Å²) in [5, 5.41) is 0. The van der Waals surface area contributed by atoms with Crippen molar-refractivity contribution in [3.8, 4) is 0 Å². The minimum absolute atomic E-state index is 0.159. The predicted octanol–water partition coefficient (Wildman–Crippen LogP) is 2.03. The van der Waals surface area contributed by atoms with Crippen LogP contribution in [0.15, 0.2) is 0 Å². The van der Waals surface area contributed by atoms with Gasteiger partial charge in [-0.05, 0) is 40.0 Å². The van der Waals surface area contributed by atoms with Gasteiger partial charge in [0, 0.05) is 33.0 Å². The number of carbonyl (C=O) groups excluding carboxylic acids is 3. The zero-order chi connectivity index (χ0) is 16.2. The van der Waals surface area contributed by atoms with Crippen molar-refractivity contribution in [3.05, 3.63) is 0 Å². The van der Waals surface area contributed by atoms with Gasteiger partial charge in [0.05, 0.1) is 0 Å². The number of rotatable bonds is 1. The summed E-state index contributed by atoms with van der Waals surface area (Å²) in [6, 6.07) is 0. The Hall–Kier alpha value is -1.59. The molecule has 120 valence electrons. The monoisotopic (exact) mass is 298 g/mol. The Morgan fingerprint density at radius 1 is 1.14 bits per heavy atom. The van der Waals surface area contributed by atoms with Gasteiger partial charge in [-0.1, -0.05) is 0 Å². The molecule has 21 heavy (non-hydrogen) atoms. The van der Waals surface area contributed by atoms with Crippen molar-refractivity contribution in [1.82, 2.24) is 9.80 Å². The molecule has 6 nitrogen and oxygen atoms in total. The quantitative estimate of drug-likeness (QED) is 0.743. The van der Waals surface area contributed by atoms with Gasteiger partial charge in [0.2, 0.25) is 11.8 Å². The molecule has 1 aliphatic rings. The third kappa shape index (κ3) is 5.36. The molecule has 0 aromatic rings. The first kappa shape index (κ1) is 17.5. The van der Waals surface area contributed by atoms with E-state index in [0.29, 0.717) is 25.9 Å². The predicted molar refractivity (Wildman–Crippen MR) is 78.6 cm³/mol. The molecule has 0 bridgehead atoms. The van der Waals surface area contributed by atoms with E-state index in [0.717, 1.165) is 11.3 Å². The second-order valence-electron chi connectivity index (χ2n) is 6.51. The molecular formula is C15H26N2O4. The topological polar surface area (TPSA) is 66.9 Å². The molecule has 0 aromatic carbocycles. The smallest absolute Gasteiger partial charge is 0.410 e. The minimum Gasteiger partial charge on any atom is -0.444 e. The summed E-state index contributed by atoms with van der Waals surface area (Å²) in [4.78, 5) is 38.3. The van der Waals surface area contributed by atoms with E-state index in [-0.39, 0.29) is 23.8 Å². The molecule has 0 N–H and O–H groups in total. The van der Waals surface area contributed by atoms with Crippen LogP contribution >= 0.6 is 0 Å². The Balaban J connectivity index is 2.60.